The summed E-state index contributed by atoms with van der Waals surface area (Å²) >= 11 is 0. The molecule has 4 aromatic rings. The highest BCUT2D eigenvalue weighted by atomic mass is 16.6. The number of nitrogens with one attached hydrogen (secondary N) is 1. The highest BCUT2D eigenvalue weighted by Crippen LogP contribution is 2.36. The molecule has 1 heterocycles. The van der Waals surface area contributed by atoms with Gasteiger partial charge in [-0.05, 0) is 46.5 Å². The van der Waals surface area contributed by atoms with Crippen LogP contribution in [-0.2, 0) is 46.7 Å². The number of carboxylic acids is 1. The molecule has 0 spiro atoms. The predicted octanol–water partition coefficient (Wildman–Crippen LogP) is 3.95. The molecule has 0 radical (unpaired) electrons. The van der Waals surface area contributed by atoms with Crippen molar-refractivity contribution < 1.29 is 48.0 Å². The van der Waals surface area contributed by atoms with Gasteiger partial charge in [-0.15, -0.1) is 4.91 Å². The number of nitrogens with zero attached hydrogens (tertiary/aromatic N) is 2. The van der Waals surface area contributed by atoms with Crippen LogP contribution < -0.4 is 20.5 Å². The van der Waals surface area contributed by atoms with Gasteiger partial charge in [0.25, 0.3) is 11.8 Å². The number of amides is 2. The first-order chi connectivity index (χ1) is 26.0. The number of carboxylic acid groups (broad SMARTS) is 1. The number of hydrogen-bond acceptors (Lipinski definition) is 12. The van der Waals surface area contributed by atoms with Gasteiger partial charge in [-0.25, -0.2) is 4.79 Å². The van der Waals surface area contributed by atoms with Crippen molar-refractivity contribution in [1.82, 2.24) is 10.2 Å². The van der Waals surface area contributed by atoms with E-state index in [2.05, 4.69) is 10.5 Å². The highest BCUT2D eigenvalue weighted by Gasteiger charge is 2.56. The lowest BCUT2D eigenvalue weighted by molar-refractivity contribution is -0.202. The number of ether oxygens (including phenoxy) is 4. The van der Waals surface area contributed by atoms with E-state index >= 15 is 0 Å². The summed E-state index contributed by atoms with van der Waals surface area (Å²) in [6.45, 7) is 1.30. The first kappa shape index (κ1) is 38.6. The second kappa shape index (κ2) is 18.2. The van der Waals surface area contributed by atoms with E-state index in [4.69, 9.17) is 29.8 Å². The Kier molecular flexibility index (Phi) is 13.0. The normalized spacial score (nSPS) is 16.5. The molecule has 5 rings (SSSR count). The molecule has 1 aliphatic heterocycles. The van der Waals surface area contributed by atoms with E-state index in [0.717, 1.165) is 17.4 Å². The minimum absolute atomic E-state index is 0.00740. The van der Waals surface area contributed by atoms with Crippen molar-refractivity contribution in [3.05, 3.63) is 136 Å². The summed E-state index contributed by atoms with van der Waals surface area (Å²) in [5.41, 5.74) is 7.59. The molecule has 280 valence electrons. The van der Waals surface area contributed by atoms with Gasteiger partial charge < -0.3 is 35.1 Å². The Morgan fingerprint density at radius 3 is 1.93 bits per heavy atom. The number of benzene rings is 4. The Bertz CT molecular complexity index is 1930. The van der Waals surface area contributed by atoms with Crippen molar-refractivity contribution >= 4 is 29.7 Å². The topological polar surface area (TPSA) is 213 Å². The van der Waals surface area contributed by atoms with Gasteiger partial charge in [0.1, 0.15) is 30.8 Å². The summed E-state index contributed by atoms with van der Waals surface area (Å²) in [4.78, 5) is 77.0. The van der Waals surface area contributed by atoms with Gasteiger partial charge in [-0.3, -0.25) is 24.1 Å². The molecule has 5 atom stereocenters. The summed E-state index contributed by atoms with van der Waals surface area (Å²) in [7, 11) is 0. The van der Waals surface area contributed by atoms with Gasteiger partial charge in [0.15, 0.2) is 18.1 Å². The molecular weight excluding hydrogens is 700 g/mol. The van der Waals surface area contributed by atoms with E-state index in [0.29, 0.717) is 29.2 Å². The number of aliphatic carboxylic acids is 1. The van der Waals surface area contributed by atoms with Crippen LogP contribution in [0.1, 0.15) is 47.7 Å². The third kappa shape index (κ3) is 9.83. The molecule has 15 nitrogen and oxygen atoms in total. The van der Waals surface area contributed by atoms with Crippen LogP contribution in [-0.4, -0.2) is 64.6 Å². The largest absolute Gasteiger partial charge is 0.494 e. The standard InChI is InChI=1S/C39H38N4O11/c1-24(44)54-37-33(41-35(45)32(42-50)27-12-16-29(17-13-27)51-21-20-31(40)38(47)48)36(46)43(37)34(39(49)53-23-26-10-6-3-7-11-26)28-14-18-30(19-15-28)52-22-25-8-4-2-5-9-25/h2-19,31-34,37H,20-23,40H2,1H3,(H,41,45)(H,47,48). The van der Waals surface area contributed by atoms with Gasteiger partial charge in [-0.2, -0.15) is 0 Å². The molecule has 0 bridgehead atoms. The molecular formula is C39H38N4O11. The molecule has 2 amide bonds. The molecule has 5 unspecified atom stereocenters. The molecule has 4 aromatic carbocycles. The van der Waals surface area contributed by atoms with Gasteiger partial charge in [-0.1, -0.05) is 90.1 Å². The molecule has 1 aliphatic rings. The van der Waals surface area contributed by atoms with Crippen LogP contribution in [0, 0.1) is 4.91 Å². The lowest BCUT2D eigenvalue weighted by atomic mass is 9.95. The lowest BCUT2D eigenvalue weighted by Gasteiger charge is -2.48. The first-order valence-electron chi connectivity index (χ1n) is 16.9. The van der Waals surface area contributed by atoms with E-state index in [1.807, 2.05) is 36.4 Å². The molecule has 15 heteroatoms. The van der Waals surface area contributed by atoms with Crippen molar-refractivity contribution in [3.8, 4) is 11.5 Å². The zero-order valence-corrected chi connectivity index (χ0v) is 29.1. The van der Waals surface area contributed by atoms with Crippen molar-refractivity contribution in [1.29, 1.82) is 0 Å². The number of nitroso groups, excluding NO2 is 1. The van der Waals surface area contributed by atoms with Crippen molar-refractivity contribution in [2.24, 2.45) is 10.9 Å². The Hall–Kier alpha value is -6.61. The van der Waals surface area contributed by atoms with Crippen LogP contribution in [0.15, 0.2) is 114 Å². The van der Waals surface area contributed by atoms with E-state index < -0.39 is 60.1 Å². The second-order valence-corrected chi connectivity index (χ2v) is 12.2. The fourth-order valence-electron chi connectivity index (χ4n) is 5.56. The fraction of sp³-hybridized carbons (Fsp3) is 0.256. The van der Waals surface area contributed by atoms with Crippen LogP contribution in [0.2, 0.25) is 0 Å². The van der Waals surface area contributed by atoms with Crippen LogP contribution in [0.4, 0.5) is 0 Å². The minimum Gasteiger partial charge on any atom is -0.494 e. The Morgan fingerprint density at radius 1 is 0.815 bits per heavy atom. The molecule has 0 aliphatic carbocycles. The third-order valence-electron chi connectivity index (χ3n) is 8.40. The zero-order valence-electron chi connectivity index (χ0n) is 29.1. The number of carbonyl (C=O) groups excluding carboxylic acids is 4. The van der Waals surface area contributed by atoms with E-state index in [-0.39, 0.29) is 25.2 Å². The smallest absolute Gasteiger partial charge is 0.334 e. The Morgan fingerprint density at radius 2 is 1.37 bits per heavy atom. The number of hydrogen-bond donors (Lipinski definition) is 3. The maximum absolute atomic E-state index is 13.8. The van der Waals surface area contributed by atoms with E-state index in [1.54, 1.807) is 48.5 Å². The summed E-state index contributed by atoms with van der Waals surface area (Å²) in [5, 5.41) is 14.3. The second-order valence-electron chi connectivity index (χ2n) is 12.2. The number of esters is 2. The zero-order chi connectivity index (χ0) is 38.6. The van der Waals surface area contributed by atoms with Gasteiger partial charge in [0.2, 0.25) is 6.23 Å². The number of carbonyl (C=O) groups is 5. The average Bonchev–Trinajstić information content (AvgIpc) is 3.18. The van der Waals surface area contributed by atoms with E-state index in [1.165, 1.54) is 24.3 Å². The maximum atomic E-state index is 13.8. The minimum atomic E-state index is -1.62. The number of nitrogens with two attached hydrogens (primary N) is 1. The number of β-lactam (4-membered cyclic amide) rings is 1. The third-order valence-corrected chi connectivity index (χ3v) is 8.40. The molecule has 4 N–H and O–H groups in total. The molecule has 1 fully saturated rings. The van der Waals surface area contributed by atoms with Crippen LogP contribution in [0.5, 0.6) is 11.5 Å². The summed E-state index contributed by atoms with van der Waals surface area (Å²) in [6.07, 6.45) is -1.41. The van der Waals surface area contributed by atoms with Crippen molar-refractivity contribution in [2.75, 3.05) is 6.61 Å². The van der Waals surface area contributed by atoms with E-state index in [9.17, 15) is 28.9 Å². The van der Waals surface area contributed by atoms with Gasteiger partial charge in [0, 0.05) is 13.3 Å². The predicted molar refractivity (Wildman–Crippen MR) is 191 cm³/mol. The highest BCUT2D eigenvalue weighted by molar-refractivity contribution is 5.98. The Labute approximate surface area is 309 Å². The molecule has 1 saturated heterocycles. The SMILES string of the molecule is CC(=O)OC1C(NC(=O)C(N=O)c2ccc(OCCC(N)C(=O)O)cc2)C(=O)N1C(C(=O)OCc1ccccc1)c1ccc(OCc2ccccc2)cc1. The lowest BCUT2D eigenvalue weighted by Crippen LogP contribution is -2.73. The average molecular weight is 739 g/mol. The summed E-state index contributed by atoms with van der Waals surface area (Å²) < 4.78 is 22.5. The Balaban J connectivity index is 1.32. The molecule has 0 saturated carbocycles. The number of rotatable bonds is 18. The quantitative estimate of drug-likeness (QED) is 0.0752. The molecule has 0 aromatic heterocycles. The monoisotopic (exact) mass is 738 g/mol. The fourth-order valence-corrected chi connectivity index (χ4v) is 5.56. The van der Waals surface area contributed by atoms with Gasteiger partial charge >= 0.3 is 17.9 Å². The van der Waals surface area contributed by atoms with Crippen molar-refractivity contribution in [2.45, 2.75) is 57.0 Å². The van der Waals surface area contributed by atoms with Crippen LogP contribution in [0.3, 0.4) is 0 Å². The number of likely N-dealkylation sites (tertiary alicyclic amines) is 1. The van der Waals surface area contributed by atoms with Crippen LogP contribution >= 0.6 is 0 Å². The summed E-state index contributed by atoms with van der Waals surface area (Å²) in [6, 6.07) is 25.0. The van der Waals surface area contributed by atoms with Crippen LogP contribution in [0.25, 0.3) is 0 Å². The molecule has 54 heavy (non-hydrogen) atoms. The van der Waals surface area contributed by atoms with Gasteiger partial charge in [0.05, 0.1) is 6.61 Å². The summed E-state index contributed by atoms with van der Waals surface area (Å²) in [5.74, 6) is -3.74. The first-order valence-corrected chi connectivity index (χ1v) is 16.9. The maximum Gasteiger partial charge on any atom is 0.334 e. The van der Waals surface area contributed by atoms with Crippen molar-refractivity contribution in [3.63, 3.8) is 0 Å².